The van der Waals surface area contributed by atoms with E-state index >= 15 is 0 Å². The predicted octanol–water partition coefficient (Wildman–Crippen LogP) is 0.778. The molecule has 0 aliphatic rings. The van der Waals surface area contributed by atoms with Crippen LogP contribution in [0.15, 0.2) is 30.3 Å². The molecule has 104 valence electrons. The summed E-state index contributed by atoms with van der Waals surface area (Å²) in [5.74, 6) is 0.648. The van der Waals surface area contributed by atoms with E-state index < -0.39 is 5.91 Å². The van der Waals surface area contributed by atoms with Gasteiger partial charge in [0.25, 0.3) is 5.91 Å². The third-order valence-electron chi connectivity index (χ3n) is 2.68. The molecule has 0 atom stereocenters. The summed E-state index contributed by atoms with van der Waals surface area (Å²) in [5.41, 5.74) is 12.5. The van der Waals surface area contributed by atoms with Gasteiger partial charge in [-0.2, -0.15) is 0 Å². The zero-order valence-electron chi connectivity index (χ0n) is 11.0. The van der Waals surface area contributed by atoms with Crippen LogP contribution in [0.4, 0.5) is 11.5 Å². The minimum absolute atomic E-state index is 0.122. The van der Waals surface area contributed by atoms with Crippen LogP contribution in [-0.4, -0.2) is 23.2 Å². The van der Waals surface area contributed by atoms with Gasteiger partial charge in [0.05, 0.1) is 7.11 Å². The summed E-state index contributed by atoms with van der Waals surface area (Å²) in [6.07, 6.45) is 0. The van der Waals surface area contributed by atoms with Gasteiger partial charge in [0.15, 0.2) is 5.69 Å². The number of anilines is 2. The van der Waals surface area contributed by atoms with Gasteiger partial charge >= 0.3 is 0 Å². The fourth-order valence-corrected chi connectivity index (χ4v) is 1.68. The Bertz CT molecular complexity index is 613. The lowest BCUT2D eigenvalue weighted by molar-refractivity contribution is 0.0994. The number of hydrogen-bond donors (Lipinski definition) is 3. The number of rotatable bonds is 5. The molecule has 0 fully saturated rings. The molecular formula is C13H15N5O2. The van der Waals surface area contributed by atoms with Gasteiger partial charge in [-0.1, -0.05) is 0 Å². The minimum Gasteiger partial charge on any atom is -0.496 e. The van der Waals surface area contributed by atoms with Crippen molar-refractivity contribution in [2.24, 2.45) is 5.73 Å². The van der Waals surface area contributed by atoms with Gasteiger partial charge < -0.3 is 21.5 Å². The van der Waals surface area contributed by atoms with E-state index in [-0.39, 0.29) is 5.69 Å². The van der Waals surface area contributed by atoms with E-state index in [1.54, 1.807) is 25.3 Å². The van der Waals surface area contributed by atoms with E-state index in [4.69, 9.17) is 16.2 Å². The van der Waals surface area contributed by atoms with Crippen LogP contribution in [0.25, 0.3) is 0 Å². The Balaban J connectivity index is 2.08. The Morgan fingerprint density at radius 2 is 2.10 bits per heavy atom. The zero-order chi connectivity index (χ0) is 14.5. The summed E-state index contributed by atoms with van der Waals surface area (Å²) in [7, 11) is 1.59. The van der Waals surface area contributed by atoms with Crippen molar-refractivity contribution in [3.63, 3.8) is 0 Å². The number of nitrogens with two attached hydrogens (primary N) is 2. The first-order valence-electron chi connectivity index (χ1n) is 5.90. The zero-order valence-corrected chi connectivity index (χ0v) is 11.0. The third kappa shape index (κ3) is 3.14. The number of carbonyl (C=O) groups excluding carboxylic acids is 1. The summed E-state index contributed by atoms with van der Waals surface area (Å²) in [4.78, 5) is 10.9. The van der Waals surface area contributed by atoms with Gasteiger partial charge in [0.1, 0.15) is 11.6 Å². The van der Waals surface area contributed by atoms with Crippen molar-refractivity contribution >= 4 is 17.4 Å². The molecule has 2 rings (SSSR count). The van der Waals surface area contributed by atoms with Crippen LogP contribution >= 0.6 is 0 Å². The monoisotopic (exact) mass is 273 g/mol. The molecule has 0 aliphatic carbocycles. The molecule has 0 bridgehead atoms. The van der Waals surface area contributed by atoms with Crippen LogP contribution < -0.4 is 21.5 Å². The highest BCUT2D eigenvalue weighted by molar-refractivity contribution is 5.90. The molecule has 0 spiro atoms. The number of methoxy groups -OCH3 is 1. The van der Waals surface area contributed by atoms with Gasteiger partial charge in [-0.15, -0.1) is 10.2 Å². The van der Waals surface area contributed by atoms with Crippen molar-refractivity contribution in [2.75, 3.05) is 18.2 Å². The molecular weight excluding hydrogens is 258 g/mol. The average Bonchev–Trinajstić information content (AvgIpc) is 2.45. The summed E-state index contributed by atoms with van der Waals surface area (Å²) in [5, 5.41) is 10.6. The first-order valence-corrected chi connectivity index (χ1v) is 5.90. The molecule has 2 aromatic rings. The molecule has 0 radical (unpaired) electrons. The van der Waals surface area contributed by atoms with E-state index in [1.165, 1.54) is 6.07 Å². The van der Waals surface area contributed by atoms with E-state index in [0.29, 0.717) is 18.1 Å². The number of primary amides is 1. The normalized spacial score (nSPS) is 10.1. The molecule has 1 aromatic carbocycles. The minimum atomic E-state index is -0.610. The van der Waals surface area contributed by atoms with Gasteiger partial charge in [0, 0.05) is 17.8 Å². The molecule has 1 amide bonds. The Morgan fingerprint density at radius 1 is 1.30 bits per heavy atom. The smallest absolute Gasteiger partial charge is 0.269 e. The van der Waals surface area contributed by atoms with Crippen LogP contribution in [0.1, 0.15) is 16.1 Å². The maximum Gasteiger partial charge on any atom is 0.269 e. The number of aromatic nitrogens is 2. The molecule has 7 heteroatoms. The van der Waals surface area contributed by atoms with Crippen molar-refractivity contribution in [2.45, 2.75) is 6.54 Å². The lowest BCUT2D eigenvalue weighted by Gasteiger charge is -2.10. The van der Waals surface area contributed by atoms with Gasteiger partial charge in [-0.25, -0.2) is 0 Å². The molecule has 0 unspecified atom stereocenters. The first-order chi connectivity index (χ1) is 9.60. The van der Waals surface area contributed by atoms with Crippen LogP contribution in [0.3, 0.4) is 0 Å². The molecule has 0 saturated heterocycles. The quantitative estimate of drug-likeness (QED) is 0.693. The number of nitrogens with one attached hydrogen (secondary N) is 1. The number of amides is 1. The maximum absolute atomic E-state index is 10.9. The van der Waals surface area contributed by atoms with Crippen molar-refractivity contribution in [3.8, 4) is 5.75 Å². The summed E-state index contributed by atoms with van der Waals surface area (Å²) >= 11 is 0. The number of benzene rings is 1. The first kappa shape index (κ1) is 13.6. The predicted molar refractivity (Wildman–Crippen MR) is 75.3 cm³/mol. The van der Waals surface area contributed by atoms with Crippen LogP contribution in [0.2, 0.25) is 0 Å². The largest absolute Gasteiger partial charge is 0.496 e. The Kier molecular flexibility index (Phi) is 3.99. The second-order valence-corrected chi connectivity index (χ2v) is 4.09. The number of nitrogen functional groups attached to an aromatic ring is 1. The highest BCUT2D eigenvalue weighted by Crippen LogP contribution is 2.21. The Morgan fingerprint density at radius 3 is 2.70 bits per heavy atom. The molecule has 0 aliphatic heterocycles. The molecule has 1 aromatic heterocycles. The van der Waals surface area contributed by atoms with Crippen LogP contribution in [0, 0.1) is 0 Å². The van der Waals surface area contributed by atoms with Crippen molar-refractivity contribution in [3.05, 3.63) is 41.6 Å². The highest BCUT2D eigenvalue weighted by atomic mass is 16.5. The molecule has 1 heterocycles. The molecule has 20 heavy (non-hydrogen) atoms. The number of hydrogen-bond acceptors (Lipinski definition) is 6. The topological polar surface area (TPSA) is 116 Å². The van der Waals surface area contributed by atoms with Crippen LogP contribution in [0.5, 0.6) is 5.75 Å². The van der Waals surface area contributed by atoms with Gasteiger partial charge in [-0.05, 0) is 30.3 Å². The van der Waals surface area contributed by atoms with Crippen molar-refractivity contribution in [1.29, 1.82) is 0 Å². The van der Waals surface area contributed by atoms with Gasteiger partial charge in [0.2, 0.25) is 0 Å². The second kappa shape index (κ2) is 5.87. The highest BCUT2D eigenvalue weighted by Gasteiger charge is 2.05. The number of ether oxygens (including phenoxy) is 1. The number of nitrogens with zero attached hydrogens (tertiary/aromatic N) is 2. The molecule has 5 N–H and O–H groups in total. The van der Waals surface area contributed by atoms with E-state index in [2.05, 4.69) is 15.5 Å². The summed E-state index contributed by atoms with van der Waals surface area (Å²) in [6, 6.07) is 8.52. The average molecular weight is 273 g/mol. The second-order valence-electron chi connectivity index (χ2n) is 4.09. The SMILES string of the molecule is COc1ccc(N)cc1CNc1ccc(C(N)=O)nn1. The maximum atomic E-state index is 10.9. The standard InChI is InChI=1S/C13H15N5O2/c1-20-11-4-2-9(14)6-8(11)7-16-12-5-3-10(13(15)19)17-18-12/h2-6H,7,14H2,1H3,(H2,15,19)(H,16,18). The van der Waals surface area contributed by atoms with Crippen LogP contribution in [-0.2, 0) is 6.54 Å². The summed E-state index contributed by atoms with van der Waals surface area (Å²) < 4.78 is 5.25. The summed E-state index contributed by atoms with van der Waals surface area (Å²) in [6.45, 7) is 0.471. The van der Waals surface area contributed by atoms with E-state index in [0.717, 1.165) is 11.3 Å². The van der Waals surface area contributed by atoms with Crippen molar-refractivity contribution in [1.82, 2.24) is 10.2 Å². The fourth-order valence-electron chi connectivity index (χ4n) is 1.68. The lowest BCUT2D eigenvalue weighted by Crippen LogP contribution is -2.14. The van der Waals surface area contributed by atoms with Gasteiger partial charge in [-0.3, -0.25) is 4.79 Å². The molecule has 7 nitrogen and oxygen atoms in total. The van der Waals surface area contributed by atoms with E-state index in [1.807, 2.05) is 6.07 Å². The van der Waals surface area contributed by atoms with E-state index in [9.17, 15) is 4.79 Å². The fraction of sp³-hybridized carbons (Fsp3) is 0.154. The van der Waals surface area contributed by atoms with Crippen molar-refractivity contribution < 1.29 is 9.53 Å². The Labute approximate surface area is 115 Å². The molecule has 0 saturated carbocycles. The number of carbonyl (C=O) groups is 1. The third-order valence-corrected chi connectivity index (χ3v) is 2.68. The Hall–Kier alpha value is -2.83. The lowest BCUT2D eigenvalue weighted by atomic mass is 10.2.